The molecule has 0 bridgehead atoms. The second-order valence-electron chi connectivity index (χ2n) is 3.15. The van der Waals surface area contributed by atoms with Gasteiger partial charge in [0.1, 0.15) is 5.82 Å². The van der Waals surface area contributed by atoms with Crippen molar-refractivity contribution in [1.82, 2.24) is 9.97 Å². The number of nitrogens with one attached hydrogen (secondary N) is 1. The van der Waals surface area contributed by atoms with Crippen LogP contribution < -0.4 is 5.56 Å². The van der Waals surface area contributed by atoms with Gasteiger partial charge in [-0.2, -0.15) is 0 Å². The first kappa shape index (κ1) is 8.77. The normalized spacial score (nSPS) is 10.6. The highest BCUT2D eigenvalue weighted by molar-refractivity contribution is 5.06. The molecule has 1 aromatic rings. The minimum absolute atomic E-state index is 0.214. The zero-order valence-electron chi connectivity index (χ0n) is 7.16. The molecule has 0 unspecified atom stereocenters. The standard InChI is InChI=1S/C8H12N2O2/c1-5(2)3-6-9-7(11)4-8(12)10-6/h4-5H,3H2,1-2H3,(H2,9,10,11,12). The SMILES string of the molecule is CC(C)Cc1nc(O)cc(=O)[nH]1. The Morgan fingerprint density at radius 3 is 2.83 bits per heavy atom. The fourth-order valence-corrected chi connectivity index (χ4v) is 0.977. The van der Waals surface area contributed by atoms with Gasteiger partial charge in [0, 0.05) is 6.42 Å². The monoisotopic (exact) mass is 168 g/mol. The smallest absolute Gasteiger partial charge is 0.254 e. The molecule has 1 heterocycles. The molecular formula is C8H12N2O2. The first-order chi connectivity index (χ1) is 5.58. The van der Waals surface area contributed by atoms with Gasteiger partial charge in [0.05, 0.1) is 6.07 Å². The maximum atomic E-state index is 10.8. The maximum Gasteiger partial charge on any atom is 0.254 e. The minimum atomic E-state index is -0.307. The van der Waals surface area contributed by atoms with E-state index in [1.54, 1.807) is 0 Å². The van der Waals surface area contributed by atoms with Gasteiger partial charge in [0.15, 0.2) is 0 Å². The van der Waals surface area contributed by atoms with E-state index < -0.39 is 0 Å². The van der Waals surface area contributed by atoms with E-state index in [4.69, 9.17) is 5.11 Å². The van der Waals surface area contributed by atoms with E-state index in [1.807, 2.05) is 13.8 Å². The van der Waals surface area contributed by atoms with Gasteiger partial charge in [-0.15, -0.1) is 0 Å². The summed E-state index contributed by atoms with van der Waals surface area (Å²) in [5.74, 6) is 0.736. The lowest BCUT2D eigenvalue weighted by Gasteiger charge is -2.02. The Balaban J connectivity index is 2.93. The van der Waals surface area contributed by atoms with Crippen LogP contribution in [0.4, 0.5) is 0 Å². The number of aromatic hydroxyl groups is 1. The molecule has 1 rings (SSSR count). The average Bonchev–Trinajstić information content (AvgIpc) is 1.81. The lowest BCUT2D eigenvalue weighted by Crippen LogP contribution is -2.11. The van der Waals surface area contributed by atoms with Crippen LogP contribution in [0.15, 0.2) is 10.9 Å². The summed E-state index contributed by atoms with van der Waals surface area (Å²) in [7, 11) is 0. The fourth-order valence-electron chi connectivity index (χ4n) is 0.977. The number of rotatable bonds is 2. The molecule has 0 fully saturated rings. The third kappa shape index (κ3) is 2.38. The predicted molar refractivity (Wildman–Crippen MR) is 45.1 cm³/mol. The van der Waals surface area contributed by atoms with Crippen molar-refractivity contribution in [2.24, 2.45) is 5.92 Å². The summed E-state index contributed by atoms with van der Waals surface area (Å²) in [6.07, 6.45) is 0.670. The molecule has 0 spiro atoms. The lowest BCUT2D eigenvalue weighted by atomic mass is 10.1. The number of H-pyrrole nitrogens is 1. The van der Waals surface area contributed by atoms with Crippen molar-refractivity contribution in [3.05, 3.63) is 22.2 Å². The molecule has 1 aromatic heterocycles. The predicted octanol–water partition coefficient (Wildman–Crippen LogP) is 0.674. The van der Waals surface area contributed by atoms with E-state index in [9.17, 15) is 4.79 Å². The van der Waals surface area contributed by atoms with Crippen LogP contribution in [0.2, 0.25) is 0 Å². The van der Waals surface area contributed by atoms with Crippen molar-refractivity contribution < 1.29 is 5.11 Å². The van der Waals surface area contributed by atoms with Gasteiger partial charge in [0.2, 0.25) is 5.88 Å². The zero-order valence-corrected chi connectivity index (χ0v) is 7.16. The molecule has 4 heteroatoms. The molecule has 0 atom stereocenters. The van der Waals surface area contributed by atoms with Crippen molar-refractivity contribution in [3.63, 3.8) is 0 Å². The molecule has 0 aliphatic rings. The summed E-state index contributed by atoms with van der Waals surface area (Å²) >= 11 is 0. The van der Waals surface area contributed by atoms with Crippen LogP contribution in [0.1, 0.15) is 19.7 Å². The third-order valence-corrected chi connectivity index (χ3v) is 1.38. The summed E-state index contributed by atoms with van der Waals surface area (Å²) in [6, 6.07) is 1.06. The average molecular weight is 168 g/mol. The van der Waals surface area contributed by atoms with Crippen LogP contribution >= 0.6 is 0 Å². The quantitative estimate of drug-likeness (QED) is 0.682. The highest BCUT2D eigenvalue weighted by atomic mass is 16.3. The molecule has 2 N–H and O–H groups in total. The van der Waals surface area contributed by atoms with E-state index in [2.05, 4.69) is 9.97 Å². The molecule has 12 heavy (non-hydrogen) atoms. The van der Waals surface area contributed by atoms with Crippen molar-refractivity contribution in [2.45, 2.75) is 20.3 Å². The number of nitrogens with zero attached hydrogens (tertiary/aromatic N) is 1. The summed E-state index contributed by atoms with van der Waals surface area (Å²) in [5.41, 5.74) is -0.307. The minimum Gasteiger partial charge on any atom is -0.493 e. The number of aromatic nitrogens is 2. The van der Waals surface area contributed by atoms with Crippen molar-refractivity contribution in [1.29, 1.82) is 0 Å². The summed E-state index contributed by atoms with van der Waals surface area (Å²) in [6.45, 7) is 4.04. The van der Waals surface area contributed by atoms with Crippen molar-refractivity contribution in [2.75, 3.05) is 0 Å². The Morgan fingerprint density at radius 2 is 2.33 bits per heavy atom. The first-order valence-electron chi connectivity index (χ1n) is 3.87. The summed E-state index contributed by atoms with van der Waals surface area (Å²) < 4.78 is 0. The van der Waals surface area contributed by atoms with E-state index in [0.29, 0.717) is 18.2 Å². The lowest BCUT2D eigenvalue weighted by molar-refractivity contribution is 0.445. The Hall–Kier alpha value is -1.32. The highest BCUT2D eigenvalue weighted by Gasteiger charge is 2.01. The van der Waals surface area contributed by atoms with Crippen LogP contribution in [0, 0.1) is 5.92 Å². The van der Waals surface area contributed by atoms with Crippen LogP contribution in [-0.4, -0.2) is 15.1 Å². The van der Waals surface area contributed by atoms with Gasteiger partial charge in [-0.25, -0.2) is 4.98 Å². The number of hydrogen-bond acceptors (Lipinski definition) is 3. The van der Waals surface area contributed by atoms with Crippen LogP contribution in [0.5, 0.6) is 5.88 Å². The van der Waals surface area contributed by atoms with Gasteiger partial charge < -0.3 is 10.1 Å². The number of aromatic amines is 1. The van der Waals surface area contributed by atoms with E-state index in [-0.39, 0.29) is 11.4 Å². The second-order valence-corrected chi connectivity index (χ2v) is 3.15. The third-order valence-electron chi connectivity index (χ3n) is 1.38. The summed E-state index contributed by atoms with van der Waals surface area (Å²) in [5, 5.41) is 8.98. The molecule has 0 amide bonds. The van der Waals surface area contributed by atoms with E-state index >= 15 is 0 Å². The molecule has 66 valence electrons. The van der Waals surface area contributed by atoms with Crippen LogP contribution in [0.3, 0.4) is 0 Å². The Bertz CT molecular complexity index is 317. The Morgan fingerprint density at radius 1 is 1.67 bits per heavy atom. The van der Waals surface area contributed by atoms with Gasteiger partial charge in [-0.1, -0.05) is 13.8 Å². The largest absolute Gasteiger partial charge is 0.493 e. The van der Waals surface area contributed by atoms with Crippen molar-refractivity contribution >= 4 is 0 Å². The van der Waals surface area contributed by atoms with Crippen LogP contribution in [0.25, 0.3) is 0 Å². The Labute approximate surface area is 70.3 Å². The van der Waals surface area contributed by atoms with E-state index in [0.717, 1.165) is 6.07 Å². The topological polar surface area (TPSA) is 66.0 Å². The fraction of sp³-hybridized carbons (Fsp3) is 0.500. The molecule has 0 aromatic carbocycles. The molecule has 4 nitrogen and oxygen atoms in total. The maximum absolute atomic E-state index is 10.8. The van der Waals surface area contributed by atoms with Gasteiger partial charge in [-0.3, -0.25) is 4.79 Å². The zero-order chi connectivity index (χ0) is 9.14. The number of hydrogen-bond donors (Lipinski definition) is 2. The first-order valence-corrected chi connectivity index (χ1v) is 3.87. The second kappa shape index (κ2) is 3.38. The van der Waals surface area contributed by atoms with Crippen molar-refractivity contribution in [3.8, 4) is 5.88 Å². The molecule has 0 aliphatic carbocycles. The van der Waals surface area contributed by atoms with Gasteiger partial charge >= 0.3 is 0 Å². The van der Waals surface area contributed by atoms with E-state index in [1.165, 1.54) is 0 Å². The molecule has 0 saturated heterocycles. The van der Waals surface area contributed by atoms with Gasteiger partial charge in [0.25, 0.3) is 5.56 Å². The van der Waals surface area contributed by atoms with Crippen LogP contribution in [-0.2, 0) is 6.42 Å². The Kier molecular flexibility index (Phi) is 2.47. The summed E-state index contributed by atoms with van der Waals surface area (Å²) in [4.78, 5) is 17.2. The molecule has 0 saturated carbocycles. The molecule has 0 aliphatic heterocycles. The molecular weight excluding hydrogens is 156 g/mol. The highest BCUT2D eigenvalue weighted by Crippen LogP contribution is 2.03. The molecule has 0 radical (unpaired) electrons. The van der Waals surface area contributed by atoms with Gasteiger partial charge in [-0.05, 0) is 5.92 Å².